The highest BCUT2D eigenvalue weighted by Crippen LogP contribution is 2.50. The number of ether oxygens (including phenoxy) is 1. The summed E-state index contributed by atoms with van der Waals surface area (Å²) in [6, 6.07) is 8.40. The molecule has 0 N–H and O–H groups in total. The molecule has 0 aliphatic carbocycles. The largest absolute Gasteiger partial charge is 0.496 e. The normalized spacial score (nSPS) is 13.2. The number of rotatable bonds is 5. The van der Waals surface area contributed by atoms with E-state index in [0.29, 0.717) is 5.16 Å². The zero-order valence-corrected chi connectivity index (χ0v) is 12.3. The van der Waals surface area contributed by atoms with E-state index in [1.807, 2.05) is 12.1 Å². The van der Waals surface area contributed by atoms with E-state index in [-0.39, 0.29) is 7.92 Å². The van der Waals surface area contributed by atoms with Crippen LogP contribution >= 0.6 is 7.92 Å². The molecule has 0 saturated heterocycles. The van der Waals surface area contributed by atoms with Crippen molar-refractivity contribution in [1.82, 2.24) is 0 Å². The predicted molar refractivity (Wildman–Crippen MR) is 79.0 cm³/mol. The molecule has 0 saturated carbocycles. The van der Waals surface area contributed by atoms with E-state index >= 15 is 0 Å². The lowest BCUT2D eigenvalue weighted by atomic mass is 10.3. The van der Waals surface area contributed by atoms with Crippen LogP contribution in [0.1, 0.15) is 27.2 Å². The van der Waals surface area contributed by atoms with Gasteiger partial charge < -0.3 is 4.74 Å². The molecule has 0 spiro atoms. The van der Waals surface area contributed by atoms with Gasteiger partial charge >= 0.3 is 0 Å². The van der Waals surface area contributed by atoms with Crippen LogP contribution in [0.15, 0.2) is 36.9 Å². The summed E-state index contributed by atoms with van der Waals surface area (Å²) in [5.74, 6) is 1.03. The Balaban J connectivity index is 3.07. The third kappa shape index (κ3) is 3.85. The minimum atomic E-state index is -0.226. The van der Waals surface area contributed by atoms with Crippen molar-refractivity contribution in [3.05, 3.63) is 36.9 Å². The maximum absolute atomic E-state index is 5.49. The molecule has 1 aromatic carbocycles. The highest BCUT2D eigenvalue weighted by molar-refractivity contribution is 7.67. The second kappa shape index (κ2) is 6.21. The first kappa shape index (κ1) is 14.3. The lowest BCUT2D eigenvalue weighted by molar-refractivity contribution is 0.418. The van der Waals surface area contributed by atoms with E-state index in [0.717, 1.165) is 12.2 Å². The zero-order chi connectivity index (χ0) is 12.9. The summed E-state index contributed by atoms with van der Waals surface area (Å²) in [5.41, 5.74) is 0. The first-order chi connectivity index (χ1) is 8.00. The molecule has 0 aromatic heterocycles. The minimum absolute atomic E-state index is 0.226. The summed E-state index contributed by atoms with van der Waals surface area (Å²) >= 11 is 0. The van der Waals surface area contributed by atoms with Crippen molar-refractivity contribution in [3.8, 4) is 5.75 Å². The minimum Gasteiger partial charge on any atom is -0.496 e. The molecule has 1 atom stereocenters. The van der Waals surface area contributed by atoms with Crippen LogP contribution in [0.3, 0.4) is 0 Å². The Hall–Kier alpha value is -0.810. The lowest BCUT2D eigenvalue weighted by Gasteiger charge is -2.32. The van der Waals surface area contributed by atoms with Crippen LogP contribution < -0.4 is 10.0 Å². The topological polar surface area (TPSA) is 9.23 Å². The fraction of sp³-hybridized carbons (Fsp3) is 0.467. The second-order valence-electron chi connectivity index (χ2n) is 5.07. The molecule has 1 rings (SSSR count). The van der Waals surface area contributed by atoms with Gasteiger partial charge in [-0.05, 0) is 23.8 Å². The molecule has 1 aromatic rings. The maximum Gasteiger partial charge on any atom is 0.126 e. The summed E-state index contributed by atoms with van der Waals surface area (Å²) in [5, 5.41) is 1.67. The van der Waals surface area contributed by atoms with Crippen molar-refractivity contribution in [2.75, 3.05) is 13.3 Å². The van der Waals surface area contributed by atoms with E-state index in [9.17, 15) is 0 Å². The Bertz CT molecular complexity index is 365. The third-order valence-corrected chi connectivity index (χ3v) is 6.02. The summed E-state index contributed by atoms with van der Waals surface area (Å²) in [6.45, 7) is 10.8. The highest BCUT2D eigenvalue weighted by atomic mass is 31.1. The molecule has 0 aliphatic rings. The van der Waals surface area contributed by atoms with Crippen molar-refractivity contribution in [3.63, 3.8) is 0 Å². The molecule has 0 bridgehead atoms. The van der Waals surface area contributed by atoms with Gasteiger partial charge in [0.25, 0.3) is 0 Å². The Morgan fingerprint density at radius 1 is 1.29 bits per heavy atom. The van der Waals surface area contributed by atoms with E-state index in [1.54, 1.807) is 7.11 Å². The molecule has 1 nitrogen and oxygen atoms in total. The molecule has 2 heteroatoms. The van der Waals surface area contributed by atoms with Gasteiger partial charge in [0, 0.05) is 5.30 Å². The van der Waals surface area contributed by atoms with Gasteiger partial charge in [0.05, 0.1) is 7.11 Å². The van der Waals surface area contributed by atoms with Crippen LogP contribution in [-0.2, 0) is 0 Å². The summed E-state index contributed by atoms with van der Waals surface area (Å²) < 4.78 is 5.49. The molecule has 1 unspecified atom stereocenters. The number of benzene rings is 1. The van der Waals surface area contributed by atoms with Gasteiger partial charge in [0.2, 0.25) is 0 Å². The van der Waals surface area contributed by atoms with Gasteiger partial charge in [-0.1, -0.05) is 53.0 Å². The number of para-hydroxylation sites is 1. The Morgan fingerprint density at radius 2 is 1.94 bits per heavy atom. The molecule has 17 heavy (non-hydrogen) atoms. The van der Waals surface area contributed by atoms with Crippen molar-refractivity contribution >= 4 is 13.2 Å². The van der Waals surface area contributed by atoms with E-state index in [2.05, 4.69) is 45.5 Å². The second-order valence-corrected chi connectivity index (χ2v) is 8.20. The summed E-state index contributed by atoms with van der Waals surface area (Å²) in [4.78, 5) is 0. The first-order valence-electron chi connectivity index (χ1n) is 6.02. The fourth-order valence-corrected chi connectivity index (χ4v) is 4.66. The fourth-order valence-electron chi connectivity index (χ4n) is 1.89. The predicted octanol–water partition coefficient (Wildman–Crippen LogP) is 4.18. The SMILES string of the molecule is C=CCCP(c1ccccc1OC)C(C)(C)C. The van der Waals surface area contributed by atoms with Gasteiger partial charge in [0.15, 0.2) is 0 Å². The average Bonchev–Trinajstić information content (AvgIpc) is 2.28. The van der Waals surface area contributed by atoms with Gasteiger partial charge in [0.1, 0.15) is 5.75 Å². The van der Waals surface area contributed by atoms with Crippen molar-refractivity contribution in [2.24, 2.45) is 0 Å². The first-order valence-corrected chi connectivity index (χ1v) is 7.55. The van der Waals surface area contributed by atoms with Crippen LogP contribution in [0.5, 0.6) is 5.75 Å². The van der Waals surface area contributed by atoms with Crippen molar-refractivity contribution in [1.29, 1.82) is 0 Å². The molecule has 94 valence electrons. The zero-order valence-electron chi connectivity index (χ0n) is 11.4. The smallest absolute Gasteiger partial charge is 0.126 e. The summed E-state index contributed by atoms with van der Waals surface area (Å²) in [7, 11) is 1.53. The molecule has 0 radical (unpaired) electrons. The molecule has 0 fully saturated rings. The monoisotopic (exact) mass is 250 g/mol. The van der Waals surface area contributed by atoms with E-state index < -0.39 is 0 Å². The van der Waals surface area contributed by atoms with Crippen molar-refractivity contribution in [2.45, 2.75) is 32.3 Å². The number of methoxy groups -OCH3 is 1. The van der Waals surface area contributed by atoms with Crippen LogP contribution in [-0.4, -0.2) is 18.4 Å². The Labute approximate surface area is 107 Å². The number of hydrogen-bond donors (Lipinski definition) is 0. The van der Waals surface area contributed by atoms with Crippen LogP contribution in [0, 0.1) is 0 Å². The highest BCUT2D eigenvalue weighted by Gasteiger charge is 2.27. The Morgan fingerprint density at radius 3 is 2.47 bits per heavy atom. The van der Waals surface area contributed by atoms with E-state index in [4.69, 9.17) is 4.74 Å². The van der Waals surface area contributed by atoms with Gasteiger partial charge in [-0.25, -0.2) is 0 Å². The summed E-state index contributed by atoms with van der Waals surface area (Å²) in [6.07, 6.45) is 4.26. The quantitative estimate of drug-likeness (QED) is 0.562. The average molecular weight is 250 g/mol. The van der Waals surface area contributed by atoms with Crippen molar-refractivity contribution < 1.29 is 4.74 Å². The molecular formula is C15H23OP. The molecular weight excluding hydrogens is 227 g/mol. The Kier molecular flexibility index (Phi) is 5.21. The van der Waals surface area contributed by atoms with Gasteiger partial charge in [-0.15, -0.1) is 6.58 Å². The van der Waals surface area contributed by atoms with Gasteiger partial charge in [-0.3, -0.25) is 0 Å². The molecule has 0 amide bonds. The maximum atomic E-state index is 5.49. The van der Waals surface area contributed by atoms with E-state index in [1.165, 1.54) is 11.5 Å². The van der Waals surface area contributed by atoms with Gasteiger partial charge in [-0.2, -0.15) is 0 Å². The van der Waals surface area contributed by atoms with Crippen LogP contribution in [0.2, 0.25) is 0 Å². The number of hydrogen-bond acceptors (Lipinski definition) is 1. The molecule has 0 aliphatic heterocycles. The lowest BCUT2D eigenvalue weighted by Crippen LogP contribution is -2.22. The molecule has 0 heterocycles. The standard InChI is InChI=1S/C15H23OP/c1-6-7-12-17(15(2,3)4)14-11-9-8-10-13(14)16-5/h6,8-11H,1,7,12H2,2-5H3. The van der Waals surface area contributed by atoms with Crippen LogP contribution in [0.4, 0.5) is 0 Å². The number of allylic oxidation sites excluding steroid dienone is 1. The van der Waals surface area contributed by atoms with Crippen LogP contribution in [0.25, 0.3) is 0 Å². The third-order valence-electron chi connectivity index (χ3n) is 2.74.